The average Bonchev–Trinajstić information content (AvgIpc) is 2.51. The van der Waals surface area contributed by atoms with Crippen molar-refractivity contribution in [3.63, 3.8) is 0 Å². The van der Waals surface area contributed by atoms with Gasteiger partial charge in [-0.25, -0.2) is 0 Å². The Balaban J connectivity index is 2.70. The second-order valence-electron chi connectivity index (χ2n) is 5.34. The molecule has 5 heteroatoms. The molecule has 0 saturated carbocycles. The molecular formula is C16H25NO3S. The van der Waals surface area contributed by atoms with Gasteiger partial charge in [-0.3, -0.25) is 9.00 Å². The van der Waals surface area contributed by atoms with E-state index < -0.39 is 10.8 Å². The first-order valence-electron chi connectivity index (χ1n) is 7.30. The van der Waals surface area contributed by atoms with Gasteiger partial charge in [0.15, 0.2) is 0 Å². The molecule has 0 spiro atoms. The van der Waals surface area contributed by atoms with Crippen molar-refractivity contribution in [2.45, 2.75) is 38.0 Å². The molecule has 2 N–H and O–H groups in total. The Kier molecular flexibility index (Phi) is 7.05. The lowest BCUT2D eigenvalue weighted by molar-refractivity contribution is 0.0907. The summed E-state index contributed by atoms with van der Waals surface area (Å²) in [6, 6.07) is 6.81. The van der Waals surface area contributed by atoms with Crippen LogP contribution < -0.4 is 5.32 Å². The first kappa shape index (κ1) is 17.9. The zero-order valence-corrected chi connectivity index (χ0v) is 13.8. The van der Waals surface area contributed by atoms with Crippen molar-refractivity contribution in [1.29, 1.82) is 0 Å². The van der Waals surface area contributed by atoms with Crippen LogP contribution in [0.15, 0.2) is 29.2 Å². The van der Waals surface area contributed by atoms with Crippen LogP contribution in [0.2, 0.25) is 0 Å². The summed E-state index contributed by atoms with van der Waals surface area (Å²) in [5.74, 6) is -0.132. The van der Waals surface area contributed by atoms with Gasteiger partial charge in [-0.05, 0) is 48.9 Å². The van der Waals surface area contributed by atoms with Crippen LogP contribution >= 0.6 is 0 Å². The second-order valence-corrected chi connectivity index (χ2v) is 6.72. The van der Waals surface area contributed by atoms with Crippen LogP contribution in [0.4, 0.5) is 0 Å². The van der Waals surface area contributed by atoms with Crippen molar-refractivity contribution in [2.75, 3.05) is 19.4 Å². The summed E-state index contributed by atoms with van der Waals surface area (Å²) in [5, 5.41) is 12.1. The van der Waals surface area contributed by atoms with Crippen molar-refractivity contribution in [3.8, 4) is 0 Å². The van der Waals surface area contributed by atoms with Crippen molar-refractivity contribution in [2.24, 2.45) is 5.41 Å². The molecule has 0 saturated heterocycles. The van der Waals surface area contributed by atoms with Gasteiger partial charge in [0.25, 0.3) is 5.91 Å². The molecule has 21 heavy (non-hydrogen) atoms. The standard InChI is InChI=1S/C16H25NO3S/c1-4-16(5-2,10-11-18)12-17-15(19)13-6-8-14(9-7-13)21(3)20/h6-9,18H,4-5,10-12H2,1-3H3,(H,17,19). The minimum Gasteiger partial charge on any atom is -0.396 e. The number of hydrogen-bond donors (Lipinski definition) is 2. The molecule has 0 fully saturated rings. The summed E-state index contributed by atoms with van der Waals surface area (Å²) in [6.45, 7) is 4.85. The van der Waals surface area contributed by atoms with Gasteiger partial charge in [-0.15, -0.1) is 0 Å². The topological polar surface area (TPSA) is 66.4 Å². The lowest BCUT2D eigenvalue weighted by Gasteiger charge is -2.31. The highest BCUT2D eigenvalue weighted by Gasteiger charge is 2.26. The number of rotatable bonds is 8. The molecule has 0 bridgehead atoms. The molecule has 0 aliphatic heterocycles. The van der Waals surface area contributed by atoms with E-state index in [-0.39, 0.29) is 17.9 Å². The molecule has 1 amide bonds. The van der Waals surface area contributed by atoms with Gasteiger partial charge >= 0.3 is 0 Å². The molecule has 1 unspecified atom stereocenters. The summed E-state index contributed by atoms with van der Waals surface area (Å²) in [5.41, 5.74) is 0.518. The second kappa shape index (κ2) is 8.29. The van der Waals surface area contributed by atoms with Gasteiger partial charge in [0.05, 0.1) is 0 Å². The van der Waals surface area contributed by atoms with Gasteiger partial charge in [-0.2, -0.15) is 0 Å². The number of carbonyl (C=O) groups excluding carboxylic acids is 1. The fraction of sp³-hybridized carbons (Fsp3) is 0.562. The molecule has 0 aliphatic carbocycles. The summed E-state index contributed by atoms with van der Waals surface area (Å²) in [6.07, 6.45) is 4.13. The zero-order valence-electron chi connectivity index (χ0n) is 13.0. The molecule has 1 rings (SSSR count). The molecule has 1 atom stereocenters. The smallest absolute Gasteiger partial charge is 0.251 e. The SMILES string of the molecule is CCC(CC)(CCO)CNC(=O)c1ccc(S(C)=O)cc1. The highest BCUT2D eigenvalue weighted by molar-refractivity contribution is 7.84. The molecule has 4 nitrogen and oxygen atoms in total. The van der Waals surface area contributed by atoms with E-state index in [0.717, 1.165) is 12.8 Å². The fourth-order valence-electron chi connectivity index (χ4n) is 2.35. The minimum absolute atomic E-state index is 0.0464. The predicted octanol–water partition coefficient (Wildman–Crippen LogP) is 2.34. The van der Waals surface area contributed by atoms with Crippen LogP contribution in [0.3, 0.4) is 0 Å². The van der Waals surface area contributed by atoms with Crippen molar-refractivity contribution in [3.05, 3.63) is 29.8 Å². The van der Waals surface area contributed by atoms with Crippen LogP contribution in [-0.4, -0.2) is 34.6 Å². The third kappa shape index (κ3) is 4.93. The van der Waals surface area contributed by atoms with Gasteiger partial charge < -0.3 is 10.4 Å². The van der Waals surface area contributed by atoms with E-state index in [1.54, 1.807) is 30.5 Å². The third-order valence-electron chi connectivity index (χ3n) is 4.21. The Morgan fingerprint density at radius 2 is 1.81 bits per heavy atom. The van der Waals surface area contributed by atoms with Crippen LogP contribution in [-0.2, 0) is 10.8 Å². The van der Waals surface area contributed by atoms with Crippen molar-refractivity contribution in [1.82, 2.24) is 5.32 Å². The number of aliphatic hydroxyl groups excluding tert-OH is 1. The lowest BCUT2D eigenvalue weighted by Crippen LogP contribution is -2.37. The number of benzene rings is 1. The van der Waals surface area contributed by atoms with Gasteiger partial charge in [0, 0.05) is 40.7 Å². The van der Waals surface area contributed by atoms with E-state index >= 15 is 0 Å². The quantitative estimate of drug-likeness (QED) is 0.774. The van der Waals surface area contributed by atoms with E-state index in [1.165, 1.54) is 0 Å². The Hall–Kier alpha value is -1.20. The number of aliphatic hydroxyl groups is 1. The Bertz CT molecular complexity index is 481. The van der Waals surface area contributed by atoms with Gasteiger partial charge in [0.2, 0.25) is 0 Å². The van der Waals surface area contributed by atoms with Crippen LogP contribution in [0.1, 0.15) is 43.5 Å². The highest BCUT2D eigenvalue weighted by atomic mass is 32.2. The highest BCUT2D eigenvalue weighted by Crippen LogP contribution is 2.29. The van der Waals surface area contributed by atoms with E-state index in [4.69, 9.17) is 0 Å². The summed E-state index contributed by atoms with van der Waals surface area (Å²) in [7, 11) is -1.03. The maximum Gasteiger partial charge on any atom is 0.251 e. The summed E-state index contributed by atoms with van der Waals surface area (Å²) >= 11 is 0. The molecule has 0 heterocycles. The fourth-order valence-corrected chi connectivity index (χ4v) is 2.87. The maximum atomic E-state index is 12.2. The summed E-state index contributed by atoms with van der Waals surface area (Å²) < 4.78 is 11.3. The van der Waals surface area contributed by atoms with Crippen LogP contribution in [0.25, 0.3) is 0 Å². The van der Waals surface area contributed by atoms with E-state index in [0.29, 0.717) is 23.4 Å². The third-order valence-corrected chi connectivity index (χ3v) is 5.15. The molecule has 1 aromatic carbocycles. The lowest BCUT2D eigenvalue weighted by atomic mass is 9.79. The normalized spacial score (nSPS) is 13.0. The molecule has 1 aromatic rings. The largest absolute Gasteiger partial charge is 0.396 e. The van der Waals surface area contributed by atoms with Crippen LogP contribution in [0.5, 0.6) is 0 Å². The molecule has 0 aromatic heterocycles. The van der Waals surface area contributed by atoms with Crippen molar-refractivity contribution < 1.29 is 14.1 Å². The van der Waals surface area contributed by atoms with Gasteiger partial charge in [-0.1, -0.05) is 13.8 Å². The summed E-state index contributed by atoms with van der Waals surface area (Å²) in [4.78, 5) is 12.9. The van der Waals surface area contributed by atoms with E-state index in [9.17, 15) is 14.1 Å². The molecule has 0 radical (unpaired) electrons. The van der Waals surface area contributed by atoms with E-state index in [1.807, 2.05) is 0 Å². The first-order valence-corrected chi connectivity index (χ1v) is 8.86. The molecular weight excluding hydrogens is 286 g/mol. The number of amides is 1. The zero-order chi connectivity index (χ0) is 15.9. The average molecular weight is 311 g/mol. The Morgan fingerprint density at radius 3 is 2.24 bits per heavy atom. The predicted molar refractivity (Wildman–Crippen MR) is 85.8 cm³/mol. The first-order chi connectivity index (χ1) is 9.98. The molecule has 0 aliphatic rings. The Morgan fingerprint density at radius 1 is 1.24 bits per heavy atom. The number of nitrogens with one attached hydrogen (secondary N) is 1. The number of carbonyl (C=O) groups is 1. The van der Waals surface area contributed by atoms with Gasteiger partial charge in [0.1, 0.15) is 0 Å². The van der Waals surface area contributed by atoms with E-state index in [2.05, 4.69) is 19.2 Å². The minimum atomic E-state index is -1.03. The maximum absolute atomic E-state index is 12.2. The molecule has 118 valence electrons. The van der Waals surface area contributed by atoms with Crippen molar-refractivity contribution >= 4 is 16.7 Å². The monoisotopic (exact) mass is 311 g/mol. The number of hydrogen-bond acceptors (Lipinski definition) is 3. The van der Waals surface area contributed by atoms with Crippen LogP contribution in [0, 0.1) is 5.41 Å². The Labute approximate surface area is 129 Å².